The number of nitrogens with zero attached hydrogens (tertiary/aromatic N) is 5. The lowest BCUT2D eigenvalue weighted by molar-refractivity contribution is -0.120. The zero-order valence-electron chi connectivity index (χ0n) is 17.5. The molecule has 3 aromatic rings. The molecule has 7 heteroatoms. The Bertz CT molecular complexity index is 1070. The monoisotopic (exact) mass is 404 g/mol. The number of imidazole rings is 1. The van der Waals surface area contributed by atoms with Crippen LogP contribution in [0.15, 0.2) is 30.6 Å². The molecule has 7 nitrogen and oxygen atoms in total. The van der Waals surface area contributed by atoms with Crippen LogP contribution in [0.3, 0.4) is 0 Å². The lowest BCUT2D eigenvalue weighted by Gasteiger charge is -2.32. The van der Waals surface area contributed by atoms with Crippen LogP contribution in [0.5, 0.6) is 0 Å². The minimum absolute atomic E-state index is 0.0659. The summed E-state index contributed by atoms with van der Waals surface area (Å²) in [6.07, 6.45) is 8.09. The first-order valence-electron chi connectivity index (χ1n) is 11.0. The number of carbonyl (C=O) groups is 1. The molecule has 0 aliphatic carbocycles. The predicted molar refractivity (Wildman–Crippen MR) is 118 cm³/mol. The second kappa shape index (κ2) is 8.05. The third-order valence-corrected chi connectivity index (χ3v) is 6.37. The number of aromatic nitrogens is 4. The minimum Gasteiger partial charge on any atom is -0.354 e. The van der Waals surface area contributed by atoms with E-state index in [1.54, 1.807) is 6.33 Å². The molecule has 5 rings (SSSR count). The van der Waals surface area contributed by atoms with E-state index in [-0.39, 0.29) is 11.8 Å². The van der Waals surface area contributed by atoms with Gasteiger partial charge in [-0.2, -0.15) is 0 Å². The summed E-state index contributed by atoms with van der Waals surface area (Å²) in [6, 6.07) is 7.92. The van der Waals surface area contributed by atoms with Crippen LogP contribution in [-0.2, 0) is 17.8 Å². The van der Waals surface area contributed by atoms with E-state index in [9.17, 15) is 4.79 Å². The molecule has 0 saturated carbocycles. The van der Waals surface area contributed by atoms with Crippen molar-refractivity contribution < 1.29 is 4.79 Å². The summed E-state index contributed by atoms with van der Waals surface area (Å²) >= 11 is 0. The van der Waals surface area contributed by atoms with Gasteiger partial charge in [0.05, 0.1) is 5.92 Å². The van der Waals surface area contributed by atoms with Crippen LogP contribution < -0.4 is 10.2 Å². The summed E-state index contributed by atoms with van der Waals surface area (Å²) in [6.45, 7) is 4.54. The first-order chi connectivity index (χ1) is 14.7. The molecule has 0 spiro atoms. The van der Waals surface area contributed by atoms with Crippen LogP contribution in [0.4, 0.5) is 11.5 Å². The van der Waals surface area contributed by atoms with Crippen molar-refractivity contribution in [1.29, 1.82) is 0 Å². The quantitative estimate of drug-likeness (QED) is 0.720. The zero-order valence-corrected chi connectivity index (χ0v) is 17.5. The molecule has 0 unspecified atom stereocenters. The molecular weight excluding hydrogens is 376 g/mol. The van der Waals surface area contributed by atoms with E-state index in [1.165, 1.54) is 19.3 Å². The number of hydrogen-bond donors (Lipinski definition) is 1. The van der Waals surface area contributed by atoms with E-state index >= 15 is 0 Å². The fourth-order valence-corrected chi connectivity index (χ4v) is 4.69. The molecule has 2 aliphatic heterocycles. The molecule has 1 saturated heterocycles. The lowest BCUT2D eigenvalue weighted by Crippen LogP contribution is -2.41. The summed E-state index contributed by atoms with van der Waals surface area (Å²) in [4.78, 5) is 29.3. The van der Waals surface area contributed by atoms with Gasteiger partial charge in [-0.1, -0.05) is 24.6 Å². The van der Waals surface area contributed by atoms with Crippen molar-refractivity contribution >= 4 is 28.6 Å². The van der Waals surface area contributed by atoms with Gasteiger partial charge in [0.15, 0.2) is 17.0 Å². The highest BCUT2D eigenvalue weighted by molar-refractivity contribution is 5.94. The van der Waals surface area contributed by atoms with Gasteiger partial charge in [0.25, 0.3) is 0 Å². The largest absolute Gasteiger partial charge is 0.354 e. The number of para-hydroxylation sites is 1. The third kappa shape index (κ3) is 3.53. The Balaban J connectivity index is 1.39. The minimum atomic E-state index is -0.0659. The molecule has 1 amide bonds. The maximum atomic E-state index is 13.0. The number of benzene rings is 1. The van der Waals surface area contributed by atoms with Gasteiger partial charge in [0.2, 0.25) is 5.91 Å². The molecule has 1 atom stereocenters. The van der Waals surface area contributed by atoms with Crippen LogP contribution in [0, 0.1) is 12.8 Å². The number of anilines is 2. The Morgan fingerprint density at radius 3 is 2.90 bits per heavy atom. The second-order valence-corrected chi connectivity index (χ2v) is 8.45. The molecule has 2 aliphatic rings. The van der Waals surface area contributed by atoms with Crippen molar-refractivity contribution in [3.8, 4) is 0 Å². The maximum Gasteiger partial charge on any atom is 0.229 e. The summed E-state index contributed by atoms with van der Waals surface area (Å²) in [7, 11) is 0. The SMILES string of the molecule is Cc1ccccc1NC(=O)[C@H]1CCCN(c2ncnc3c2nc2n3CCCCC2)C1. The van der Waals surface area contributed by atoms with E-state index in [2.05, 4.69) is 24.8 Å². The Kier molecular flexibility index (Phi) is 5.11. The van der Waals surface area contributed by atoms with Gasteiger partial charge in [-0.15, -0.1) is 0 Å². The number of rotatable bonds is 3. The van der Waals surface area contributed by atoms with E-state index in [0.29, 0.717) is 6.54 Å². The topological polar surface area (TPSA) is 75.9 Å². The van der Waals surface area contributed by atoms with Gasteiger partial charge in [-0.25, -0.2) is 15.0 Å². The van der Waals surface area contributed by atoms with E-state index < -0.39 is 0 Å². The van der Waals surface area contributed by atoms with Gasteiger partial charge in [0.1, 0.15) is 12.2 Å². The number of fused-ring (bicyclic) bond motifs is 3. The Morgan fingerprint density at radius 1 is 1.10 bits per heavy atom. The molecule has 30 heavy (non-hydrogen) atoms. The van der Waals surface area contributed by atoms with Crippen molar-refractivity contribution in [2.45, 2.75) is 52.0 Å². The van der Waals surface area contributed by atoms with Gasteiger partial charge in [-0.3, -0.25) is 4.79 Å². The van der Waals surface area contributed by atoms with Gasteiger partial charge in [-0.05, 0) is 44.2 Å². The number of amides is 1. The molecule has 4 heterocycles. The normalized spacial score (nSPS) is 19.4. The van der Waals surface area contributed by atoms with Crippen molar-refractivity contribution in [3.05, 3.63) is 42.0 Å². The standard InChI is InChI=1S/C23H28N6O/c1-16-8-4-5-10-18(16)26-23(30)17-9-7-12-28(14-17)21-20-22(25-15-24-21)29-13-6-2-3-11-19(29)27-20/h4-5,8,10,15,17H,2-3,6-7,9,11-14H2,1H3,(H,26,30)/t17-/m0/s1. The molecule has 1 aromatic carbocycles. The first kappa shape index (κ1) is 19.0. The average Bonchev–Trinajstić information content (AvgIpc) is 2.96. The van der Waals surface area contributed by atoms with Crippen LogP contribution in [-0.4, -0.2) is 38.5 Å². The average molecular weight is 405 g/mol. The number of hydrogen-bond acceptors (Lipinski definition) is 5. The summed E-state index contributed by atoms with van der Waals surface area (Å²) in [5, 5.41) is 3.12. The zero-order chi connectivity index (χ0) is 20.5. The Morgan fingerprint density at radius 2 is 2.00 bits per heavy atom. The smallest absolute Gasteiger partial charge is 0.229 e. The summed E-state index contributed by atoms with van der Waals surface area (Å²) < 4.78 is 2.26. The Labute approximate surface area is 176 Å². The molecule has 0 bridgehead atoms. The fourth-order valence-electron chi connectivity index (χ4n) is 4.69. The van der Waals surface area contributed by atoms with E-state index in [0.717, 1.165) is 66.4 Å². The maximum absolute atomic E-state index is 13.0. The highest BCUT2D eigenvalue weighted by Gasteiger charge is 2.29. The number of piperidine rings is 1. The van der Waals surface area contributed by atoms with E-state index in [4.69, 9.17) is 4.98 Å². The summed E-state index contributed by atoms with van der Waals surface area (Å²) in [5.74, 6) is 2.01. The molecule has 156 valence electrons. The number of carbonyl (C=O) groups excluding carboxylic acids is 1. The highest BCUT2D eigenvalue weighted by Crippen LogP contribution is 2.30. The van der Waals surface area contributed by atoms with E-state index in [1.807, 2.05) is 31.2 Å². The molecule has 1 fully saturated rings. The van der Waals surface area contributed by atoms with Crippen molar-refractivity contribution in [2.75, 3.05) is 23.3 Å². The van der Waals surface area contributed by atoms with Gasteiger partial charge >= 0.3 is 0 Å². The predicted octanol–water partition coefficient (Wildman–Crippen LogP) is 3.72. The summed E-state index contributed by atoms with van der Waals surface area (Å²) in [5.41, 5.74) is 3.79. The van der Waals surface area contributed by atoms with Crippen LogP contribution in [0.25, 0.3) is 11.2 Å². The Hall–Kier alpha value is -2.96. The van der Waals surface area contributed by atoms with Crippen molar-refractivity contribution in [1.82, 2.24) is 19.5 Å². The fraction of sp³-hybridized carbons (Fsp3) is 0.478. The van der Waals surface area contributed by atoms with Crippen LogP contribution >= 0.6 is 0 Å². The van der Waals surface area contributed by atoms with Crippen molar-refractivity contribution in [2.24, 2.45) is 5.92 Å². The van der Waals surface area contributed by atoms with Gasteiger partial charge < -0.3 is 14.8 Å². The van der Waals surface area contributed by atoms with Crippen LogP contribution in [0.1, 0.15) is 43.5 Å². The van der Waals surface area contributed by atoms with Crippen molar-refractivity contribution in [3.63, 3.8) is 0 Å². The molecule has 2 aromatic heterocycles. The molecule has 1 N–H and O–H groups in total. The highest BCUT2D eigenvalue weighted by atomic mass is 16.1. The molecular formula is C23H28N6O. The molecule has 0 radical (unpaired) electrons. The number of aryl methyl sites for hydroxylation is 3. The lowest BCUT2D eigenvalue weighted by atomic mass is 9.96. The first-order valence-corrected chi connectivity index (χ1v) is 11.0. The van der Waals surface area contributed by atoms with Gasteiger partial charge in [0, 0.05) is 31.7 Å². The second-order valence-electron chi connectivity index (χ2n) is 8.45. The van der Waals surface area contributed by atoms with Crippen LogP contribution in [0.2, 0.25) is 0 Å². The third-order valence-electron chi connectivity index (χ3n) is 6.37. The number of nitrogens with one attached hydrogen (secondary N) is 1.